The van der Waals surface area contributed by atoms with Crippen LogP contribution >= 0.6 is 11.6 Å². The van der Waals surface area contributed by atoms with Crippen molar-refractivity contribution in [1.29, 1.82) is 0 Å². The maximum absolute atomic E-state index is 12.1. The summed E-state index contributed by atoms with van der Waals surface area (Å²) in [5.74, 6) is 0. The second kappa shape index (κ2) is 5.62. The number of imidazole rings is 1. The van der Waals surface area contributed by atoms with E-state index in [4.69, 9.17) is 11.6 Å². The fraction of sp³-hybridized carbons (Fsp3) is 0.118. The lowest BCUT2D eigenvalue weighted by molar-refractivity contribution is 0.983. The monoisotopic (exact) mass is 298 g/mol. The summed E-state index contributed by atoms with van der Waals surface area (Å²) in [4.78, 5) is 15.0. The van der Waals surface area contributed by atoms with Crippen LogP contribution in [0.25, 0.3) is 16.9 Å². The van der Waals surface area contributed by atoms with Crippen LogP contribution in [-0.2, 0) is 6.42 Å². The molecule has 21 heavy (non-hydrogen) atoms. The van der Waals surface area contributed by atoms with Gasteiger partial charge in [-0.15, -0.1) is 0 Å². The van der Waals surface area contributed by atoms with E-state index in [1.54, 1.807) is 4.57 Å². The van der Waals surface area contributed by atoms with Crippen molar-refractivity contribution in [3.63, 3.8) is 0 Å². The van der Waals surface area contributed by atoms with E-state index < -0.39 is 0 Å². The van der Waals surface area contributed by atoms with Crippen molar-refractivity contribution >= 4 is 11.6 Å². The van der Waals surface area contributed by atoms with Crippen LogP contribution in [0.3, 0.4) is 0 Å². The normalized spacial score (nSPS) is 10.8. The molecule has 0 atom stereocenters. The first-order valence-corrected chi connectivity index (χ1v) is 7.22. The van der Waals surface area contributed by atoms with Crippen molar-refractivity contribution in [2.45, 2.75) is 13.3 Å². The van der Waals surface area contributed by atoms with Gasteiger partial charge in [-0.05, 0) is 41.8 Å². The number of aryl methyl sites for hydroxylation is 1. The molecule has 3 rings (SSSR count). The Kier molecular flexibility index (Phi) is 3.67. The topological polar surface area (TPSA) is 37.8 Å². The van der Waals surface area contributed by atoms with E-state index in [9.17, 15) is 4.79 Å². The van der Waals surface area contributed by atoms with Crippen LogP contribution in [0, 0.1) is 0 Å². The van der Waals surface area contributed by atoms with E-state index in [1.165, 1.54) is 5.56 Å². The molecule has 1 aromatic heterocycles. The van der Waals surface area contributed by atoms with E-state index in [0.717, 1.165) is 23.4 Å². The average molecular weight is 299 g/mol. The van der Waals surface area contributed by atoms with Gasteiger partial charge in [-0.3, -0.25) is 4.57 Å². The van der Waals surface area contributed by atoms with Gasteiger partial charge < -0.3 is 4.98 Å². The summed E-state index contributed by atoms with van der Waals surface area (Å²) in [5.41, 5.74) is 3.66. The molecule has 0 bridgehead atoms. The highest BCUT2D eigenvalue weighted by molar-refractivity contribution is 6.30. The zero-order valence-corrected chi connectivity index (χ0v) is 12.4. The van der Waals surface area contributed by atoms with Crippen molar-refractivity contribution in [1.82, 2.24) is 9.55 Å². The van der Waals surface area contributed by atoms with Crippen LogP contribution in [0.5, 0.6) is 0 Å². The molecule has 0 amide bonds. The molecular formula is C17H15ClN2O. The first-order valence-electron chi connectivity index (χ1n) is 6.84. The average Bonchev–Trinajstić information content (AvgIpc) is 2.90. The Balaban J connectivity index is 2.00. The molecule has 1 heterocycles. The fourth-order valence-corrected chi connectivity index (χ4v) is 2.38. The molecule has 1 N–H and O–H groups in total. The highest BCUT2D eigenvalue weighted by atomic mass is 35.5. The fourth-order valence-electron chi connectivity index (χ4n) is 2.26. The smallest absolute Gasteiger partial charge is 0.305 e. The van der Waals surface area contributed by atoms with Crippen LogP contribution in [0.1, 0.15) is 12.5 Å². The Labute approximate surface area is 127 Å². The number of rotatable bonds is 3. The Morgan fingerprint density at radius 3 is 2.33 bits per heavy atom. The Bertz CT molecular complexity index is 798. The predicted molar refractivity (Wildman–Crippen MR) is 86.2 cm³/mol. The van der Waals surface area contributed by atoms with Gasteiger partial charge in [0.25, 0.3) is 0 Å². The van der Waals surface area contributed by atoms with Crippen molar-refractivity contribution in [2.75, 3.05) is 0 Å². The summed E-state index contributed by atoms with van der Waals surface area (Å²) in [6, 6.07) is 15.4. The summed E-state index contributed by atoms with van der Waals surface area (Å²) in [6.45, 7) is 2.11. The molecule has 0 unspecified atom stereocenters. The number of H-pyrrole nitrogens is 1. The molecule has 3 aromatic rings. The van der Waals surface area contributed by atoms with Crippen LogP contribution in [-0.4, -0.2) is 9.55 Å². The highest BCUT2D eigenvalue weighted by Gasteiger charge is 2.07. The number of aromatic nitrogens is 2. The second-order valence-electron chi connectivity index (χ2n) is 4.87. The lowest BCUT2D eigenvalue weighted by atomic mass is 10.1. The van der Waals surface area contributed by atoms with E-state index in [0.29, 0.717) is 5.02 Å². The van der Waals surface area contributed by atoms with Gasteiger partial charge >= 0.3 is 5.69 Å². The minimum atomic E-state index is -0.149. The lowest BCUT2D eigenvalue weighted by Crippen LogP contribution is -2.13. The summed E-state index contributed by atoms with van der Waals surface area (Å²) in [5, 5.41) is 0.677. The number of benzene rings is 2. The largest absolute Gasteiger partial charge is 0.330 e. The maximum atomic E-state index is 12.1. The van der Waals surface area contributed by atoms with Crippen molar-refractivity contribution < 1.29 is 0 Å². The third-order valence-electron chi connectivity index (χ3n) is 3.50. The van der Waals surface area contributed by atoms with Crippen molar-refractivity contribution in [3.05, 3.63) is 75.8 Å². The first-order chi connectivity index (χ1) is 10.2. The van der Waals surface area contributed by atoms with E-state index in [-0.39, 0.29) is 5.69 Å². The van der Waals surface area contributed by atoms with Gasteiger partial charge in [-0.1, -0.05) is 42.8 Å². The van der Waals surface area contributed by atoms with Crippen LogP contribution < -0.4 is 5.69 Å². The summed E-state index contributed by atoms with van der Waals surface area (Å²) < 4.78 is 1.61. The maximum Gasteiger partial charge on any atom is 0.330 e. The minimum absolute atomic E-state index is 0.149. The number of hydrogen-bond acceptors (Lipinski definition) is 1. The molecular weight excluding hydrogens is 284 g/mol. The molecule has 0 radical (unpaired) electrons. The number of halogens is 1. The van der Waals surface area contributed by atoms with Crippen LogP contribution in [0.4, 0.5) is 0 Å². The highest BCUT2D eigenvalue weighted by Crippen LogP contribution is 2.19. The zero-order valence-electron chi connectivity index (χ0n) is 11.6. The van der Waals surface area contributed by atoms with Crippen molar-refractivity contribution in [2.24, 2.45) is 0 Å². The van der Waals surface area contributed by atoms with E-state index in [1.807, 2.05) is 54.7 Å². The molecule has 3 nitrogen and oxygen atoms in total. The quantitative estimate of drug-likeness (QED) is 0.778. The summed E-state index contributed by atoms with van der Waals surface area (Å²) >= 11 is 5.88. The standard InChI is InChI=1S/C17H15ClN2O/c1-2-12-3-9-15(10-4-12)20-11-16(19-17(20)21)13-5-7-14(18)8-6-13/h3-11H,2H2,1H3,(H,19,21). The predicted octanol–water partition coefficient (Wildman–Crippen LogP) is 4.05. The molecule has 0 spiro atoms. The van der Waals surface area contributed by atoms with Crippen molar-refractivity contribution in [3.8, 4) is 16.9 Å². The summed E-state index contributed by atoms with van der Waals surface area (Å²) in [6.07, 6.45) is 2.80. The van der Waals surface area contributed by atoms with Crippen LogP contribution in [0.2, 0.25) is 5.02 Å². The number of nitrogens with one attached hydrogen (secondary N) is 1. The summed E-state index contributed by atoms with van der Waals surface area (Å²) in [7, 11) is 0. The SMILES string of the molecule is CCc1ccc(-n2cc(-c3ccc(Cl)cc3)[nH]c2=O)cc1. The van der Waals surface area contributed by atoms with E-state index >= 15 is 0 Å². The van der Waals surface area contributed by atoms with Gasteiger partial charge in [0.1, 0.15) is 0 Å². The van der Waals surface area contributed by atoms with Gasteiger partial charge in [0, 0.05) is 11.2 Å². The molecule has 0 aliphatic heterocycles. The zero-order chi connectivity index (χ0) is 14.8. The molecule has 2 aromatic carbocycles. The molecule has 4 heteroatoms. The van der Waals surface area contributed by atoms with E-state index in [2.05, 4.69) is 11.9 Å². The van der Waals surface area contributed by atoms with Gasteiger partial charge in [-0.25, -0.2) is 4.79 Å². The Morgan fingerprint density at radius 1 is 1.05 bits per heavy atom. The number of aromatic amines is 1. The number of hydrogen-bond donors (Lipinski definition) is 1. The molecule has 106 valence electrons. The number of nitrogens with zero attached hydrogens (tertiary/aromatic N) is 1. The Morgan fingerprint density at radius 2 is 1.71 bits per heavy atom. The van der Waals surface area contributed by atoms with Gasteiger partial charge in [0.2, 0.25) is 0 Å². The lowest BCUT2D eigenvalue weighted by Gasteiger charge is -2.02. The third kappa shape index (κ3) is 2.78. The molecule has 0 aliphatic rings. The molecule has 0 aliphatic carbocycles. The van der Waals surface area contributed by atoms with Gasteiger partial charge in [0.15, 0.2) is 0 Å². The molecule has 0 saturated heterocycles. The minimum Gasteiger partial charge on any atom is -0.305 e. The van der Waals surface area contributed by atoms with Gasteiger partial charge in [0.05, 0.1) is 11.4 Å². The second-order valence-corrected chi connectivity index (χ2v) is 5.31. The molecule has 0 fully saturated rings. The van der Waals surface area contributed by atoms with Gasteiger partial charge in [-0.2, -0.15) is 0 Å². The third-order valence-corrected chi connectivity index (χ3v) is 3.75. The Hall–Kier alpha value is -2.26. The first kappa shape index (κ1) is 13.7. The van der Waals surface area contributed by atoms with Crippen LogP contribution in [0.15, 0.2) is 59.5 Å². The molecule has 0 saturated carbocycles.